The highest BCUT2D eigenvalue weighted by Gasteiger charge is 2.37. The van der Waals surface area contributed by atoms with Crippen LogP contribution >= 0.6 is 11.8 Å². The Hall–Kier alpha value is -3.32. The highest BCUT2D eigenvalue weighted by molar-refractivity contribution is 8.13. The number of nitrogens with one attached hydrogen (secondary N) is 1. The number of aryl methyl sites for hydroxylation is 1. The Morgan fingerprint density at radius 1 is 0.957 bits per heavy atom. The Balaban J connectivity index is 1.59. The molecule has 250 valence electrons. The van der Waals surface area contributed by atoms with E-state index in [9.17, 15) is 22.8 Å². The number of hydrogen-bond acceptors (Lipinski definition) is 9. The van der Waals surface area contributed by atoms with E-state index < -0.39 is 10.0 Å². The summed E-state index contributed by atoms with van der Waals surface area (Å²) in [7, 11) is -1.91. The van der Waals surface area contributed by atoms with Crippen molar-refractivity contribution in [1.29, 1.82) is 0 Å². The van der Waals surface area contributed by atoms with Gasteiger partial charge in [-0.25, -0.2) is 13.1 Å². The molecular weight excluding hydrogens is 625 g/mol. The molecule has 2 aliphatic carbocycles. The van der Waals surface area contributed by atoms with Crippen molar-refractivity contribution in [3.05, 3.63) is 46.5 Å². The summed E-state index contributed by atoms with van der Waals surface area (Å²) in [6, 6.07) is 6.53. The third kappa shape index (κ3) is 9.84. The summed E-state index contributed by atoms with van der Waals surface area (Å²) in [5, 5.41) is 11.4. The van der Waals surface area contributed by atoms with E-state index in [0.29, 0.717) is 46.9 Å². The minimum absolute atomic E-state index is 0.0467. The molecule has 0 aliphatic heterocycles. The molecule has 4 rings (SSSR count). The highest BCUT2D eigenvalue weighted by atomic mass is 32.2. The average Bonchev–Trinajstić information content (AvgIpc) is 3.42. The van der Waals surface area contributed by atoms with Crippen molar-refractivity contribution in [3.8, 4) is 0 Å². The van der Waals surface area contributed by atoms with Crippen molar-refractivity contribution < 1.29 is 22.8 Å². The second kappa shape index (κ2) is 17.0. The van der Waals surface area contributed by atoms with Crippen LogP contribution in [0.15, 0.2) is 46.1 Å². The molecule has 1 heterocycles. The predicted octanol–water partition coefficient (Wildman–Crippen LogP) is 6.49. The van der Waals surface area contributed by atoms with E-state index in [1.54, 1.807) is 36.2 Å². The van der Waals surface area contributed by atoms with Crippen LogP contribution in [0, 0.1) is 0 Å². The minimum atomic E-state index is -3.57. The van der Waals surface area contributed by atoms with E-state index in [1.807, 2.05) is 0 Å². The number of hydrogen-bond donors (Lipinski definition) is 1. The number of ketones is 2. The van der Waals surface area contributed by atoms with Gasteiger partial charge in [0.25, 0.3) is 5.24 Å². The Morgan fingerprint density at radius 2 is 1.59 bits per heavy atom. The topological polar surface area (TPSA) is 144 Å². The lowest BCUT2D eigenvalue weighted by atomic mass is 9.75. The molecule has 13 heteroatoms. The molecule has 0 unspecified atom stereocenters. The van der Waals surface area contributed by atoms with Gasteiger partial charge >= 0.3 is 0 Å². The first-order valence-electron chi connectivity index (χ1n) is 16.4. The van der Waals surface area contributed by atoms with Gasteiger partial charge in [0.15, 0.2) is 11.6 Å². The molecule has 0 saturated carbocycles. The van der Waals surface area contributed by atoms with Crippen LogP contribution in [0.25, 0.3) is 5.57 Å². The van der Waals surface area contributed by atoms with Crippen LogP contribution in [0.2, 0.25) is 0 Å². The third-order valence-corrected chi connectivity index (χ3v) is 9.99. The second-order valence-corrected chi connectivity index (χ2v) is 14.9. The predicted molar refractivity (Wildman–Crippen MR) is 181 cm³/mol. The number of thioether (sulfide) groups is 1. The number of sulfonamides is 1. The molecule has 1 aromatic heterocycles. The Labute approximate surface area is 276 Å². The van der Waals surface area contributed by atoms with Crippen molar-refractivity contribution in [2.75, 3.05) is 24.1 Å². The Bertz CT molecular complexity index is 1580. The van der Waals surface area contributed by atoms with Gasteiger partial charge in [0, 0.05) is 53.3 Å². The number of unbranched alkanes of at least 4 members (excludes halogenated alkanes) is 9. The van der Waals surface area contributed by atoms with Gasteiger partial charge in [-0.1, -0.05) is 76.8 Å². The van der Waals surface area contributed by atoms with Crippen LogP contribution in [0.5, 0.6) is 0 Å². The molecule has 1 amide bonds. The maximum absolute atomic E-state index is 14.1. The number of allylic oxidation sites excluding steroid dienone is 3. The number of Topliss-reactive ketones (excluding diaryl/α,β-unsaturated/α-hetero) is 2. The van der Waals surface area contributed by atoms with E-state index in [2.05, 4.69) is 27.2 Å². The zero-order valence-corrected chi connectivity index (χ0v) is 28.8. The zero-order valence-electron chi connectivity index (χ0n) is 27.2. The fourth-order valence-electron chi connectivity index (χ4n) is 6.06. The van der Waals surface area contributed by atoms with Gasteiger partial charge < -0.3 is 4.90 Å². The zero-order chi connectivity index (χ0) is 33.1. The number of anilines is 1. The number of tetrazole rings is 1. The number of benzene rings is 1. The SMILES string of the molecule is CCCCCCCCCCCCN(CC1=C(c2cccc(NS(C)(=O)=O)c2)C(=O)C2=C(CCCC2)C1=O)C(=O)Sc1nnnn1C. The minimum Gasteiger partial charge on any atom is -0.329 e. The summed E-state index contributed by atoms with van der Waals surface area (Å²) in [4.78, 5) is 43.5. The monoisotopic (exact) mass is 670 g/mol. The lowest BCUT2D eigenvalue weighted by molar-refractivity contribution is -0.115. The number of nitrogens with zero attached hydrogens (tertiary/aromatic N) is 5. The summed E-state index contributed by atoms with van der Waals surface area (Å²) in [6.45, 7) is 2.58. The molecule has 0 spiro atoms. The average molecular weight is 671 g/mol. The molecule has 2 aromatic rings. The van der Waals surface area contributed by atoms with E-state index in [4.69, 9.17) is 0 Å². The van der Waals surface area contributed by atoms with Gasteiger partial charge in [0.2, 0.25) is 15.2 Å². The molecule has 2 aliphatic rings. The summed E-state index contributed by atoms with van der Waals surface area (Å²) in [5.74, 6) is -0.436. The van der Waals surface area contributed by atoms with Crippen molar-refractivity contribution >= 4 is 49.9 Å². The molecule has 0 fully saturated rings. The van der Waals surface area contributed by atoms with Crippen LogP contribution in [-0.2, 0) is 26.7 Å². The summed E-state index contributed by atoms with van der Waals surface area (Å²) in [5.41, 5.74) is 2.29. The quantitative estimate of drug-likeness (QED) is 0.113. The molecule has 0 radical (unpaired) electrons. The van der Waals surface area contributed by atoms with Gasteiger partial charge in [0.1, 0.15) is 0 Å². The number of carbonyl (C=O) groups is 3. The molecule has 0 atom stereocenters. The maximum Gasteiger partial charge on any atom is 0.289 e. The Morgan fingerprint density at radius 3 is 2.20 bits per heavy atom. The third-order valence-electron chi connectivity index (χ3n) is 8.42. The summed E-state index contributed by atoms with van der Waals surface area (Å²) < 4.78 is 27.8. The van der Waals surface area contributed by atoms with Crippen LogP contribution in [0.1, 0.15) is 102 Å². The molecule has 1 aromatic carbocycles. The first kappa shape index (κ1) is 35.5. The van der Waals surface area contributed by atoms with Crippen LogP contribution in [0.3, 0.4) is 0 Å². The van der Waals surface area contributed by atoms with Crippen LogP contribution in [0.4, 0.5) is 10.5 Å². The van der Waals surface area contributed by atoms with E-state index in [-0.39, 0.29) is 34.5 Å². The first-order valence-corrected chi connectivity index (χ1v) is 19.1. The summed E-state index contributed by atoms with van der Waals surface area (Å²) in [6.07, 6.45) is 15.2. The van der Waals surface area contributed by atoms with Crippen LogP contribution in [-0.4, -0.2) is 69.7 Å². The number of carbonyl (C=O) groups excluding carboxylic acids is 3. The number of amides is 1. The largest absolute Gasteiger partial charge is 0.329 e. The van der Waals surface area contributed by atoms with Gasteiger partial charge in [-0.3, -0.25) is 19.1 Å². The van der Waals surface area contributed by atoms with Crippen molar-refractivity contribution in [1.82, 2.24) is 25.1 Å². The molecule has 11 nitrogen and oxygen atoms in total. The van der Waals surface area contributed by atoms with E-state index in [1.165, 1.54) is 43.2 Å². The fraction of sp³-hybridized carbons (Fsp3) is 0.576. The Kier molecular flexibility index (Phi) is 13.1. The standard InChI is InChI=1S/C33H46N6O5S2/c1-4-5-6-7-8-9-10-11-12-15-21-39(33(42)45-32-34-36-37-38(32)2)23-28-29(24-17-16-18-25(22-24)35-46(3,43)44)31(41)27-20-14-13-19-26(27)30(28)40/h16-18,22,35H,4-15,19-21,23H2,1-3H3. The molecule has 46 heavy (non-hydrogen) atoms. The van der Waals surface area contributed by atoms with Crippen LogP contribution < -0.4 is 4.72 Å². The van der Waals surface area contributed by atoms with Gasteiger partial charge in [-0.05, 0) is 60.2 Å². The normalized spacial score (nSPS) is 15.4. The molecular formula is C33H46N6O5S2. The maximum atomic E-state index is 14.1. The molecule has 0 bridgehead atoms. The van der Waals surface area contributed by atoms with Gasteiger partial charge in [-0.2, -0.15) is 0 Å². The van der Waals surface area contributed by atoms with Gasteiger partial charge in [-0.15, -0.1) is 5.10 Å². The van der Waals surface area contributed by atoms with E-state index >= 15 is 0 Å². The second-order valence-electron chi connectivity index (χ2n) is 12.2. The lowest BCUT2D eigenvalue weighted by Crippen LogP contribution is -2.36. The van der Waals surface area contributed by atoms with Gasteiger partial charge in [0.05, 0.1) is 12.8 Å². The number of aromatic nitrogens is 4. The van der Waals surface area contributed by atoms with E-state index in [0.717, 1.165) is 56.5 Å². The fourth-order valence-corrected chi connectivity index (χ4v) is 7.31. The van der Waals surface area contributed by atoms with Crippen molar-refractivity contribution in [2.24, 2.45) is 7.05 Å². The lowest BCUT2D eigenvalue weighted by Gasteiger charge is -2.30. The first-order chi connectivity index (χ1) is 22.1. The van der Waals surface area contributed by atoms with Crippen molar-refractivity contribution in [3.63, 3.8) is 0 Å². The van der Waals surface area contributed by atoms with Crippen molar-refractivity contribution in [2.45, 2.75) is 102 Å². The molecule has 1 N–H and O–H groups in total. The summed E-state index contributed by atoms with van der Waals surface area (Å²) >= 11 is 0.892. The highest BCUT2D eigenvalue weighted by Crippen LogP contribution is 2.39. The molecule has 0 saturated heterocycles. The number of rotatable bonds is 17. The smallest absolute Gasteiger partial charge is 0.289 e.